The van der Waals surface area contributed by atoms with Gasteiger partial charge in [0.1, 0.15) is 0 Å². The second-order valence-electron chi connectivity index (χ2n) is 2.86. The van der Waals surface area contributed by atoms with E-state index in [0.717, 1.165) is 11.4 Å². The second-order valence-corrected chi connectivity index (χ2v) is 2.86. The molecule has 14 heavy (non-hydrogen) atoms. The monoisotopic (exact) mass is 185 g/mol. The molecule has 70 valence electrons. The first-order valence-corrected chi connectivity index (χ1v) is 4.43. The molecule has 2 rings (SSSR count). The quantitative estimate of drug-likeness (QED) is 0.559. The third kappa shape index (κ3) is 2.23. The lowest BCUT2D eigenvalue weighted by atomic mass is 10.3. The molecule has 0 radical (unpaired) electrons. The summed E-state index contributed by atoms with van der Waals surface area (Å²) in [5, 5.41) is 4.08. The molecular formula is C11H11N3. The molecule has 0 spiro atoms. The summed E-state index contributed by atoms with van der Waals surface area (Å²) >= 11 is 0. The van der Waals surface area contributed by atoms with E-state index in [9.17, 15) is 0 Å². The Kier molecular flexibility index (Phi) is 2.62. The van der Waals surface area contributed by atoms with E-state index in [1.165, 1.54) is 0 Å². The number of aromatic amines is 1. The maximum atomic E-state index is 4.08. The Morgan fingerprint density at radius 2 is 1.93 bits per heavy atom. The van der Waals surface area contributed by atoms with Crippen LogP contribution in [0.15, 0.2) is 53.8 Å². The van der Waals surface area contributed by atoms with Crippen molar-refractivity contribution in [2.24, 2.45) is 5.10 Å². The Bertz CT molecular complexity index is 390. The standard InChI is InChI=1S/C11H11N3/c1-2-5-10(6-3-1)14-13-9-11-7-4-8-12-11/h1-9,12,14H. The summed E-state index contributed by atoms with van der Waals surface area (Å²) in [5.74, 6) is 0. The summed E-state index contributed by atoms with van der Waals surface area (Å²) in [5.41, 5.74) is 4.89. The topological polar surface area (TPSA) is 40.2 Å². The first-order valence-electron chi connectivity index (χ1n) is 4.43. The zero-order valence-corrected chi connectivity index (χ0v) is 7.64. The van der Waals surface area contributed by atoms with Crippen molar-refractivity contribution in [1.29, 1.82) is 0 Å². The SMILES string of the molecule is C(=NNc1ccccc1)c1ccc[nH]1. The highest BCUT2D eigenvalue weighted by molar-refractivity contribution is 5.77. The van der Waals surface area contributed by atoms with Gasteiger partial charge in [0.25, 0.3) is 0 Å². The highest BCUT2D eigenvalue weighted by Gasteiger charge is 1.86. The van der Waals surface area contributed by atoms with Crippen LogP contribution in [0.1, 0.15) is 5.69 Å². The van der Waals surface area contributed by atoms with Gasteiger partial charge in [-0.3, -0.25) is 5.43 Å². The average molecular weight is 185 g/mol. The molecule has 1 aromatic heterocycles. The van der Waals surface area contributed by atoms with Crippen LogP contribution in [0.3, 0.4) is 0 Å². The molecule has 0 saturated heterocycles. The van der Waals surface area contributed by atoms with Gasteiger partial charge in [-0.2, -0.15) is 5.10 Å². The summed E-state index contributed by atoms with van der Waals surface area (Å²) in [6.45, 7) is 0. The summed E-state index contributed by atoms with van der Waals surface area (Å²) < 4.78 is 0. The van der Waals surface area contributed by atoms with Crippen molar-refractivity contribution in [3.05, 3.63) is 54.4 Å². The molecule has 2 N–H and O–H groups in total. The number of nitrogens with zero attached hydrogens (tertiary/aromatic N) is 1. The highest BCUT2D eigenvalue weighted by Crippen LogP contribution is 2.04. The molecule has 0 saturated carbocycles. The molecule has 0 amide bonds. The number of hydrogen-bond donors (Lipinski definition) is 2. The van der Waals surface area contributed by atoms with Gasteiger partial charge in [-0.1, -0.05) is 18.2 Å². The smallest absolute Gasteiger partial charge is 0.0707 e. The van der Waals surface area contributed by atoms with Crippen LogP contribution in [0.4, 0.5) is 5.69 Å². The van der Waals surface area contributed by atoms with Crippen molar-refractivity contribution in [3.8, 4) is 0 Å². The van der Waals surface area contributed by atoms with E-state index >= 15 is 0 Å². The number of para-hydroxylation sites is 1. The van der Waals surface area contributed by atoms with E-state index in [1.807, 2.05) is 48.7 Å². The fourth-order valence-electron chi connectivity index (χ4n) is 1.11. The first kappa shape index (κ1) is 8.56. The summed E-state index contributed by atoms with van der Waals surface area (Å²) in [4.78, 5) is 3.03. The Hall–Kier alpha value is -2.03. The number of benzene rings is 1. The summed E-state index contributed by atoms with van der Waals surface area (Å²) in [6.07, 6.45) is 3.61. The fourth-order valence-corrected chi connectivity index (χ4v) is 1.11. The molecule has 3 nitrogen and oxygen atoms in total. The zero-order valence-electron chi connectivity index (χ0n) is 7.64. The molecular weight excluding hydrogens is 174 g/mol. The van der Waals surface area contributed by atoms with Crippen LogP contribution in [0.2, 0.25) is 0 Å². The van der Waals surface area contributed by atoms with Gasteiger partial charge in [-0.15, -0.1) is 0 Å². The van der Waals surface area contributed by atoms with Crippen LogP contribution in [0, 0.1) is 0 Å². The number of nitrogens with one attached hydrogen (secondary N) is 2. The summed E-state index contributed by atoms with van der Waals surface area (Å²) in [6, 6.07) is 13.7. The zero-order chi connectivity index (χ0) is 9.64. The van der Waals surface area contributed by atoms with E-state index in [2.05, 4.69) is 15.5 Å². The van der Waals surface area contributed by atoms with E-state index in [4.69, 9.17) is 0 Å². The summed E-state index contributed by atoms with van der Waals surface area (Å²) in [7, 11) is 0. The minimum absolute atomic E-state index is 0.980. The third-order valence-corrected chi connectivity index (χ3v) is 1.79. The maximum absolute atomic E-state index is 4.08. The van der Waals surface area contributed by atoms with Crippen molar-refractivity contribution in [2.45, 2.75) is 0 Å². The highest BCUT2D eigenvalue weighted by atomic mass is 15.3. The molecule has 2 aromatic rings. The third-order valence-electron chi connectivity index (χ3n) is 1.79. The average Bonchev–Trinajstić information content (AvgIpc) is 2.72. The number of anilines is 1. The van der Waals surface area contributed by atoms with Crippen molar-refractivity contribution >= 4 is 11.9 Å². The normalized spacial score (nSPS) is 10.6. The predicted molar refractivity (Wildman–Crippen MR) is 58.5 cm³/mol. The molecule has 0 aliphatic heterocycles. The molecule has 0 aliphatic carbocycles. The van der Waals surface area contributed by atoms with Crippen molar-refractivity contribution in [1.82, 2.24) is 4.98 Å². The second kappa shape index (κ2) is 4.28. The molecule has 0 fully saturated rings. The number of H-pyrrole nitrogens is 1. The van der Waals surface area contributed by atoms with Crippen LogP contribution in [0.25, 0.3) is 0 Å². The van der Waals surface area contributed by atoms with Gasteiger partial charge in [0.05, 0.1) is 17.6 Å². The number of hydrazone groups is 1. The van der Waals surface area contributed by atoms with Crippen LogP contribution < -0.4 is 5.43 Å². The lowest BCUT2D eigenvalue weighted by molar-refractivity contribution is 1.32. The molecule has 0 aliphatic rings. The Morgan fingerprint density at radius 1 is 1.07 bits per heavy atom. The van der Waals surface area contributed by atoms with Gasteiger partial charge < -0.3 is 4.98 Å². The van der Waals surface area contributed by atoms with Crippen LogP contribution in [-0.2, 0) is 0 Å². The van der Waals surface area contributed by atoms with Gasteiger partial charge in [-0.25, -0.2) is 0 Å². The molecule has 0 bridgehead atoms. The lowest BCUT2D eigenvalue weighted by Crippen LogP contribution is -1.89. The first-order chi connectivity index (χ1) is 6.95. The molecule has 1 aromatic carbocycles. The Labute approximate surface area is 82.5 Å². The van der Waals surface area contributed by atoms with E-state index in [0.29, 0.717) is 0 Å². The van der Waals surface area contributed by atoms with Gasteiger partial charge >= 0.3 is 0 Å². The van der Waals surface area contributed by atoms with E-state index in [-0.39, 0.29) is 0 Å². The predicted octanol–water partition coefficient (Wildman–Crippen LogP) is 2.46. The molecule has 0 unspecified atom stereocenters. The Balaban J connectivity index is 1.95. The van der Waals surface area contributed by atoms with Crippen LogP contribution in [-0.4, -0.2) is 11.2 Å². The lowest BCUT2D eigenvalue weighted by Gasteiger charge is -1.97. The molecule has 1 heterocycles. The Morgan fingerprint density at radius 3 is 2.64 bits per heavy atom. The van der Waals surface area contributed by atoms with E-state index in [1.54, 1.807) is 6.21 Å². The number of hydrogen-bond acceptors (Lipinski definition) is 2. The minimum Gasteiger partial charge on any atom is -0.360 e. The minimum atomic E-state index is 0.980. The van der Waals surface area contributed by atoms with Gasteiger partial charge in [0.15, 0.2) is 0 Å². The van der Waals surface area contributed by atoms with Crippen molar-refractivity contribution < 1.29 is 0 Å². The molecule has 3 heteroatoms. The maximum Gasteiger partial charge on any atom is 0.0707 e. The van der Waals surface area contributed by atoms with Crippen LogP contribution >= 0.6 is 0 Å². The van der Waals surface area contributed by atoms with Gasteiger partial charge in [-0.05, 0) is 24.3 Å². The van der Waals surface area contributed by atoms with Crippen molar-refractivity contribution in [3.63, 3.8) is 0 Å². The number of rotatable bonds is 3. The largest absolute Gasteiger partial charge is 0.360 e. The number of aromatic nitrogens is 1. The van der Waals surface area contributed by atoms with Crippen molar-refractivity contribution in [2.75, 3.05) is 5.43 Å². The van der Waals surface area contributed by atoms with Gasteiger partial charge in [0, 0.05) is 6.20 Å². The fraction of sp³-hybridized carbons (Fsp3) is 0. The molecule has 0 atom stereocenters. The van der Waals surface area contributed by atoms with Gasteiger partial charge in [0.2, 0.25) is 0 Å². The van der Waals surface area contributed by atoms with E-state index < -0.39 is 0 Å². The van der Waals surface area contributed by atoms with Crippen LogP contribution in [0.5, 0.6) is 0 Å².